The Morgan fingerprint density at radius 3 is 2.82 bits per heavy atom. The zero-order chi connectivity index (χ0) is 19.6. The maximum Gasteiger partial charge on any atom is 0.250 e. The zero-order valence-corrected chi connectivity index (χ0v) is 16.2. The van der Waals surface area contributed by atoms with Gasteiger partial charge in [-0.1, -0.05) is 29.5 Å². The lowest BCUT2D eigenvalue weighted by molar-refractivity contribution is 0.554. The number of sulfonamides is 1. The van der Waals surface area contributed by atoms with E-state index in [9.17, 15) is 8.42 Å². The number of nitrogens with one attached hydrogen (secondary N) is 2. The molecule has 4 rings (SSSR count). The standard InChI is InChI=1S/C17H17N7O2S2/c18-17-19-10-14(21-17)12-3-1-4-13(9-12)15-11-24(23-22-15)7-6-20-28(25,26)16-5-2-8-27-16/h1-5,8-11,20H,6-7H2,(H3,18,19,21). The van der Waals surface area contributed by atoms with Crippen molar-refractivity contribution in [3.8, 4) is 22.5 Å². The van der Waals surface area contributed by atoms with E-state index in [0.29, 0.717) is 22.4 Å². The van der Waals surface area contributed by atoms with Crippen LogP contribution in [0.3, 0.4) is 0 Å². The molecule has 0 aliphatic carbocycles. The molecule has 0 aliphatic rings. The highest BCUT2D eigenvalue weighted by molar-refractivity contribution is 7.91. The number of hydrogen-bond acceptors (Lipinski definition) is 7. The number of thiophene rings is 1. The zero-order valence-electron chi connectivity index (χ0n) is 14.6. The van der Waals surface area contributed by atoms with Crippen LogP contribution in [0.5, 0.6) is 0 Å². The molecule has 28 heavy (non-hydrogen) atoms. The Morgan fingerprint density at radius 2 is 2.07 bits per heavy atom. The van der Waals surface area contributed by atoms with Gasteiger partial charge in [-0.05, 0) is 17.5 Å². The van der Waals surface area contributed by atoms with E-state index in [2.05, 4.69) is 25.0 Å². The quantitative estimate of drug-likeness (QED) is 0.423. The van der Waals surface area contributed by atoms with E-state index >= 15 is 0 Å². The fourth-order valence-corrected chi connectivity index (χ4v) is 4.71. The van der Waals surface area contributed by atoms with Gasteiger partial charge in [0.1, 0.15) is 9.90 Å². The van der Waals surface area contributed by atoms with Crippen molar-refractivity contribution < 1.29 is 8.42 Å². The van der Waals surface area contributed by atoms with Gasteiger partial charge < -0.3 is 10.7 Å². The van der Waals surface area contributed by atoms with Crippen LogP contribution in [0.4, 0.5) is 5.95 Å². The third-order valence-electron chi connectivity index (χ3n) is 4.00. The van der Waals surface area contributed by atoms with Gasteiger partial charge in [-0.2, -0.15) is 0 Å². The molecule has 4 aromatic rings. The van der Waals surface area contributed by atoms with Crippen LogP contribution >= 0.6 is 11.3 Å². The molecule has 11 heteroatoms. The molecule has 0 aliphatic heterocycles. The molecule has 0 radical (unpaired) electrons. The number of benzene rings is 1. The summed E-state index contributed by atoms with van der Waals surface area (Å²) in [5.74, 6) is 0.358. The highest BCUT2D eigenvalue weighted by Gasteiger charge is 2.14. The van der Waals surface area contributed by atoms with Gasteiger partial charge in [0.25, 0.3) is 0 Å². The fourth-order valence-electron chi connectivity index (χ4n) is 2.65. The first-order chi connectivity index (χ1) is 13.5. The molecule has 3 heterocycles. The molecule has 0 unspecified atom stereocenters. The maximum atomic E-state index is 12.1. The van der Waals surface area contributed by atoms with Crippen LogP contribution in [0.1, 0.15) is 0 Å². The van der Waals surface area contributed by atoms with E-state index in [-0.39, 0.29) is 6.54 Å². The molecule has 0 saturated heterocycles. The summed E-state index contributed by atoms with van der Waals surface area (Å²) in [6, 6.07) is 11.0. The Morgan fingerprint density at radius 1 is 1.21 bits per heavy atom. The molecule has 1 aromatic carbocycles. The van der Waals surface area contributed by atoms with Crippen molar-refractivity contribution in [1.82, 2.24) is 29.7 Å². The van der Waals surface area contributed by atoms with E-state index in [1.165, 1.54) is 11.3 Å². The summed E-state index contributed by atoms with van der Waals surface area (Å²) < 4.78 is 28.7. The van der Waals surface area contributed by atoms with Gasteiger partial charge in [-0.15, -0.1) is 16.4 Å². The molecule has 0 spiro atoms. The van der Waals surface area contributed by atoms with Crippen LogP contribution < -0.4 is 10.5 Å². The molecule has 4 N–H and O–H groups in total. The number of aromatic amines is 1. The molecule has 3 aromatic heterocycles. The second-order valence-electron chi connectivity index (χ2n) is 5.96. The lowest BCUT2D eigenvalue weighted by Gasteiger charge is -2.04. The first-order valence-electron chi connectivity index (χ1n) is 8.36. The summed E-state index contributed by atoms with van der Waals surface area (Å²) in [5.41, 5.74) is 8.96. The number of H-pyrrole nitrogens is 1. The number of nitrogens with two attached hydrogens (primary N) is 1. The summed E-state index contributed by atoms with van der Waals surface area (Å²) in [6.07, 6.45) is 3.45. The van der Waals surface area contributed by atoms with E-state index in [1.54, 1.807) is 34.6 Å². The molecule has 0 bridgehead atoms. The number of nitrogens with zero attached hydrogens (tertiary/aromatic N) is 4. The first-order valence-corrected chi connectivity index (χ1v) is 10.7. The number of imidazole rings is 1. The molecule has 9 nitrogen and oxygen atoms in total. The minimum absolute atomic E-state index is 0.219. The van der Waals surface area contributed by atoms with Crippen molar-refractivity contribution in [2.75, 3.05) is 12.3 Å². The van der Waals surface area contributed by atoms with E-state index < -0.39 is 10.0 Å². The monoisotopic (exact) mass is 415 g/mol. The molecule has 0 saturated carbocycles. The van der Waals surface area contributed by atoms with E-state index in [1.807, 2.05) is 24.3 Å². The van der Waals surface area contributed by atoms with Gasteiger partial charge in [0.05, 0.1) is 24.6 Å². The summed E-state index contributed by atoms with van der Waals surface area (Å²) in [5, 5.41) is 9.98. The molecule has 0 amide bonds. The number of anilines is 1. The van der Waals surface area contributed by atoms with Crippen LogP contribution in [0.15, 0.2) is 58.4 Å². The fraction of sp³-hybridized carbons (Fsp3) is 0.118. The molecular formula is C17H17N7O2S2. The van der Waals surface area contributed by atoms with Crippen LogP contribution in [0, 0.1) is 0 Å². The second kappa shape index (κ2) is 7.54. The van der Waals surface area contributed by atoms with Crippen molar-refractivity contribution in [2.24, 2.45) is 0 Å². The number of rotatable bonds is 7. The van der Waals surface area contributed by atoms with Gasteiger partial charge >= 0.3 is 0 Å². The minimum atomic E-state index is -3.48. The summed E-state index contributed by atoms with van der Waals surface area (Å²) in [7, 11) is -3.48. The highest BCUT2D eigenvalue weighted by Crippen LogP contribution is 2.24. The van der Waals surface area contributed by atoms with Crippen molar-refractivity contribution in [3.63, 3.8) is 0 Å². The Balaban J connectivity index is 1.43. The SMILES string of the molecule is Nc1ncc(-c2cccc(-c3cn(CCNS(=O)(=O)c4cccs4)nn3)c2)[nH]1. The normalized spacial score (nSPS) is 11.7. The number of nitrogen functional groups attached to an aromatic ring is 1. The summed E-state index contributed by atoms with van der Waals surface area (Å²) in [4.78, 5) is 7.00. The predicted molar refractivity (Wildman–Crippen MR) is 107 cm³/mol. The van der Waals surface area contributed by atoms with Crippen molar-refractivity contribution in [3.05, 3.63) is 54.2 Å². The first kappa shape index (κ1) is 18.3. The van der Waals surface area contributed by atoms with Gasteiger partial charge in [-0.3, -0.25) is 4.68 Å². The van der Waals surface area contributed by atoms with Gasteiger partial charge in [0.15, 0.2) is 5.95 Å². The topological polar surface area (TPSA) is 132 Å². The molecule has 144 valence electrons. The van der Waals surface area contributed by atoms with Crippen molar-refractivity contribution in [1.29, 1.82) is 0 Å². The third-order valence-corrected chi connectivity index (χ3v) is 6.85. The van der Waals surface area contributed by atoms with Crippen molar-refractivity contribution >= 4 is 27.3 Å². The van der Waals surface area contributed by atoms with Gasteiger partial charge in [0.2, 0.25) is 10.0 Å². The lowest BCUT2D eigenvalue weighted by atomic mass is 10.1. The Hall–Kier alpha value is -3.02. The van der Waals surface area contributed by atoms with Crippen LogP contribution in [0.2, 0.25) is 0 Å². The number of aromatic nitrogens is 5. The van der Waals surface area contributed by atoms with Gasteiger partial charge in [0, 0.05) is 17.7 Å². The molecular weight excluding hydrogens is 398 g/mol. The summed E-state index contributed by atoms with van der Waals surface area (Å²) >= 11 is 1.18. The van der Waals surface area contributed by atoms with Crippen LogP contribution in [-0.2, 0) is 16.6 Å². The van der Waals surface area contributed by atoms with E-state index in [4.69, 9.17) is 5.73 Å². The van der Waals surface area contributed by atoms with Crippen LogP contribution in [-0.4, -0.2) is 39.9 Å². The Kier molecular flexibility index (Phi) is 4.94. The van der Waals surface area contributed by atoms with Crippen molar-refractivity contribution in [2.45, 2.75) is 10.8 Å². The minimum Gasteiger partial charge on any atom is -0.369 e. The third kappa shape index (κ3) is 3.96. The lowest BCUT2D eigenvalue weighted by Crippen LogP contribution is -2.27. The average molecular weight is 416 g/mol. The van der Waals surface area contributed by atoms with Crippen LogP contribution in [0.25, 0.3) is 22.5 Å². The predicted octanol–water partition coefficient (Wildman–Crippen LogP) is 1.96. The molecule has 0 fully saturated rings. The summed E-state index contributed by atoms with van der Waals surface area (Å²) in [6.45, 7) is 0.588. The van der Waals surface area contributed by atoms with E-state index in [0.717, 1.165) is 16.8 Å². The molecule has 0 atom stereocenters. The Bertz CT molecular complexity index is 1180. The highest BCUT2D eigenvalue weighted by atomic mass is 32.2. The smallest absolute Gasteiger partial charge is 0.250 e. The second-order valence-corrected chi connectivity index (χ2v) is 8.90. The maximum absolute atomic E-state index is 12.1. The number of hydrogen-bond donors (Lipinski definition) is 3. The largest absolute Gasteiger partial charge is 0.369 e. The Labute approximate surface area is 165 Å². The van der Waals surface area contributed by atoms with Gasteiger partial charge in [-0.25, -0.2) is 18.1 Å². The average Bonchev–Trinajstić information content (AvgIpc) is 3.44.